The van der Waals surface area contributed by atoms with Gasteiger partial charge in [0.1, 0.15) is 11.3 Å². The summed E-state index contributed by atoms with van der Waals surface area (Å²) in [6, 6.07) is 85.0. The van der Waals surface area contributed by atoms with Gasteiger partial charge in [0.15, 0.2) is 0 Å². The molecule has 0 unspecified atom stereocenters. The van der Waals surface area contributed by atoms with E-state index in [1.807, 2.05) is 18.2 Å². The first-order chi connectivity index (χ1) is 29.7. The molecule has 10 aromatic carbocycles. The molecule has 0 saturated heterocycles. The Hall–Kier alpha value is -7.94. The predicted molar refractivity (Wildman–Crippen MR) is 253 cm³/mol. The number of furan rings is 1. The van der Waals surface area contributed by atoms with E-state index < -0.39 is 0 Å². The fraction of sp³-hybridized carbons (Fsp3) is 0. The number of anilines is 3. The average Bonchev–Trinajstić information content (AvgIpc) is 3.77. The van der Waals surface area contributed by atoms with Crippen molar-refractivity contribution < 1.29 is 4.42 Å². The largest absolute Gasteiger partial charge is 0.456 e. The summed E-state index contributed by atoms with van der Waals surface area (Å²) < 4.78 is 6.22. The zero-order valence-electron chi connectivity index (χ0n) is 32.9. The highest BCUT2D eigenvalue weighted by Gasteiger charge is 2.18. The van der Waals surface area contributed by atoms with Crippen LogP contribution in [0.2, 0.25) is 0 Å². The van der Waals surface area contributed by atoms with Gasteiger partial charge in [-0.1, -0.05) is 176 Å². The van der Waals surface area contributed by atoms with Crippen molar-refractivity contribution in [3.63, 3.8) is 0 Å². The molecular weight excluding hydrogens is 727 g/mol. The zero-order valence-corrected chi connectivity index (χ0v) is 32.9. The highest BCUT2D eigenvalue weighted by atomic mass is 16.3. The molecule has 0 radical (unpaired) electrons. The lowest BCUT2D eigenvalue weighted by molar-refractivity contribution is 0.631. The van der Waals surface area contributed by atoms with Gasteiger partial charge in [-0.3, -0.25) is 0 Å². The SMILES string of the molecule is c1ccc(-c2ccc(-c3ccccc3N(c3ccc(-c4ccc5ccccc5c4)cc3)c3ccc4cc(-c5cccc(-c6cc7ccccc7o6)c5)ccc4c3)cc2)cc1. The standard InChI is InChI=1S/C58H39NO/c1-2-11-40(12-3-1)42-21-24-44(25-22-42)55-18-7-8-19-56(55)59(53-32-29-43(30-33-53)47-26-23-41-13-4-5-14-45(41)35-47)54-34-31-49-36-48(27-28-50(49)38-54)46-16-10-17-51(37-46)58-39-52-15-6-9-20-57(52)60-58/h1-39H. The van der Waals surface area contributed by atoms with E-state index in [4.69, 9.17) is 4.42 Å². The lowest BCUT2D eigenvalue weighted by Crippen LogP contribution is -2.11. The predicted octanol–water partition coefficient (Wildman–Crippen LogP) is 16.5. The second kappa shape index (κ2) is 15.1. The minimum atomic E-state index is 0.876. The molecule has 11 rings (SSSR count). The van der Waals surface area contributed by atoms with Gasteiger partial charge in [0.2, 0.25) is 0 Å². The fourth-order valence-corrected chi connectivity index (χ4v) is 8.51. The number of hydrogen-bond acceptors (Lipinski definition) is 2. The normalized spacial score (nSPS) is 11.3. The molecule has 0 fully saturated rings. The molecule has 0 bridgehead atoms. The first-order valence-electron chi connectivity index (χ1n) is 20.5. The van der Waals surface area contributed by atoms with E-state index in [2.05, 4.69) is 223 Å². The number of para-hydroxylation sites is 2. The third kappa shape index (κ3) is 6.70. The van der Waals surface area contributed by atoms with Crippen LogP contribution in [0.4, 0.5) is 17.1 Å². The van der Waals surface area contributed by atoms with Gasteiger partial charge in [0.05, 0.1) is 5.69 Å². The molecule has 0 amide bonds. The van der Waals surface area contributed by atoms with Gasteiger partial charge in [-0.2, -0.15) is 0 Å². The third-order valence-electron chi connectivity index (χ3n) is 11.6. The van der Waals surface area contributed by atoms with Crippen LogP contribution in [-0.2, 0) is 0 Å². The quantitative estimate of drug-likeness (QED) is 0.153. The maximum absolute atomic E-state index is 6.22. The lowest BCUT2D eigenvalue weighted by atomic mass is 9.97. The molecule has 2 heteroatoms. The number of hydrogen-bond donors (Lipinski definition) is 0. The second-order valence-corrected chi connectivity index (χ2v) is 15.4. The molecule has 282 valence electrons. The Labute approximate surface area is 349 Å². The van der Waals surface area contributed by atoms with Gasteiger partial charge in [-0.15, -0.1) is 0 Å². The summed E-state index contributed by atoms with van der Waals surface area (Å²) in [6.07, 6.45) is 0. The van der Waals surface area contributed by atoms with Crippen LogP contribution in [0.1, 0.15) is 0 Å². The molecule has 60 heavy (non-hydrogen) atoms. The van der Waals surface area contributed by atoms with Crippen molar-refractivity contribution in [3.8, 4) is 55.8 Å². The van der Waals surface area contributed by atoms with Crippen LogP contribution in [-0.4, -0.2) is 0 Å². The summed E-state index contributed by atoms with van der Waals surface area (Å²) >= 11 is 0. The van der Waals surface area contributed by atoms with Gasteiger partial charge in [-0.25, -0.2) is 0 Å². The summed E-state index contributed by atoms with van der Waals surface area (Å²) in [5.74, 6) is 0.876. The van der Waals surface area contributed by atoms with Crippen LogP contribution < -0.4 is 4.90 Å². The maximum Gasteiger partial charge on any atom is 0.135 e. The maximum atomic E-state index is 6.22. The van der Waals surface area contributed by atoms with Crippen LogP contribution >= 0.6 is 0 Å². The van der Waals surface area contributed by atoms with Crippen molar-refractivity contribution in [1.82, 2.24) is 0 Å². The first-order valence-corrected chi connectivity index (χ1v) is 20.5. The average molecular weight is 766 g/mol. The Morgan fingerprint density at radius 3 is 1.58 bits per heavy atom. The van der Waals surface area contributed by atoms with Gasteiger partial charge in [0.25, 0.3) is 0 Å². The summed E-state index contributed by atoms with van der Waals surface area (Å²) in [6.45, 7) is 0. The second-order valence-electron chi connectivity index (χ2n) is 15.4. The van der Waals surface area contributed by atoms with Gasteiger partial charge >= 0.3 is 0 Å². The molecule has 0 atom stereocenters. The van der Waals surface area contributed by atoms with Gasteiger partial charge in [0, 0.05) is 27.9 Å². The van der Waals surface area contributed by atoms with Crippen LogP contribution in [0.25, 0.3) is 88.3 Å². The molecule has 0 saturated carbocycles. The van der Waals surface area contributed by atoms with Crippen molar-refractivity contribution in [2.45, 2.75) is 0 Å². The van der Waals surface area contributed by atoms with Gasteiger partial charge < -0.3 is 9.32 Å². The number of nitrogens with zero attached hydrogens (tertiary/aromatic N) is 1. The van der Waals surface area contributed by atoms with Crippen molar-refractivity contribution in [2.75, 3.05) is 4.90 Å². The smallest absolute Gasteiger partial charge is 0.135 e. The molecule has 11 aromatic rings. The molecular formula is C58H39NO. The highest BCUT2D eigenvalue weighted by molar-refractivity contribution is 5.95. The minimum Gasteiger partial charge on any atom is -0.456 e. The molecule has 0 aliphatic rings. The summed E-state index contributed by atoms with van der Waals surface area (Å²) in [4.78, 5) is 2.40. The van der Waals surface area contributed by atoms with Crippen molar-refractivity contribution in [2.24, 2.45) is 0 Å². The Morgan fingerprint density at radius 1 is 0.267 bits per heavy atom. The van der Waals surface area contributed by atoms with Crippen molar-refractivity contribution >= 4 is 49.6 Å². The van der Waals surface area contributed by atoms with E-state index in [1.165, 1.54) is 54.9 Å². The Morgan fingerprint density at radius 2 is 0.767 bits per heavy atom. The molecule has 0 aliphatic carbocycles. The number of rotatable bonds is 8. The first kappa shape index (κ1) is 35.2. The van der Waals surface area contributed by atoms with E-state index in [-0.39, 0.29) is 0 Å². The summed E-state index contributed by atoms with van der Waals surface area (Å²) in [5, 5.41) is 5.95. The molecule has 0 N–H and O–H groups in total. The van der Waals surface area contributed by atoms with Crippen LogP contribution in [0.3, 0.4) is 0 Å². The molecule has 1 heterocycles. The monoisotopic (exact) mass is 765 g/mol. The zero-order chi connectivity index (χ0) is 39.8. The lowest BCUT2D eigenvalue weighted by Gasteiger charge is -2.28. The highest BCUT2D eigenvalue weighted by Crippen LogP contribution is 2.43. The van der Waals surface area contributed by atoms with Crippen molar-refractivity contribution in [3.05, 3.63) is 237 Å². The Balaban J connectivity index is 0.983. The summed E-state index contributed by atoms with van der Waals surface area (Å²) in [7, 11) is 0. The van der Waals surface area contributed by atoms with Crippen LogP contribution in [0.5, 0.6) is 0 Å². The molecule has 0 spiro atoms. The molecule has 2 nitrogen and oxygen atoms in total. The van der Waals surface area contributed by atoms with Gasteiger partial charge in [-0.05, 0) is 121 Å². The van der Waals surface area contributed by atoms with Crippen LogP contribution in [0.15, 0.2) is 241 Å². The fourth-order valence-electron chi connectivity index (χ4n) is 8.51. The topological polar surface area (TPSA) is 16.4 Å². The molecule has 0 aliphatic heterocycles. The van der Waals surface area contributed by atoms with Crippen LogP contribution in [0, 0.1) is 0 Å². The summed E-state index contributed by atoms with van der Waals surface area (Å²) in [5.41, 5.74) is 14.7. The van der Waals surface area contributed by atoms with E-state index in [9.17, 15) is 0 Å². The Kier molecular flexibility index (Phi) is 8.87. The van der Waals surface area contributed by atoms with E-state index in [1.54, 1.807) is 0 Å². The van der Waals surface area contributed by atoms with E-state index in [0.29, 0.717) is 0 Å². The van der Waals surface area contributed by atoms with Crippen molar-refractivity contribution in [1.29, 1.82) is 0 Å². The Bertz CT molecular complexity index is 3270. The van der Waals surface area contributed by atoms with E-state index in [0.717, 1.165) is 50.5 Å². The minimum absolute atomic E-state index is 0.876. The third-order valence-corrected chi connectivity index (χ3v) is 11.6. The van der Waals surface area contributed by atoms with E-state index >= 15 is 0 Å². The number of benzene rings is 10. The number of fused-ring (bicyclic) bond motifs is 3. The molecule has 1 aromatic heterocycles.